The first-order valence-corrected chi connectivity index (χ1v) is 6.51. The Balaban J connectivity index is 1.70. The molecule has 0 spiro atoms. The fourth-order valence-electron chi connectivity index (χ4n) is 2.53. The van der Waals surface area contributed by atoms with Crippen LogP contribution in [-0.4, -0.2) is 25.0 Å². The lowest BCUT2D eigenvalue weighted by Crippen LogP contribution is -2.41. The van der Waals surface area contributed by atoms with Gasteiger partial charge in [0.25, 0.3) is 0 Å². The van der Waals surface area contributed by atoms with Gasteiger partial charge in [0.15, 0.2) is 0 Å². The van der Waals surface area contributed by atoms with E-state index in [0.717, 1.165) is 32.4 Å². The third kappa shape index (κ3) is 3.63. The fourth-order valence-corrected chi connectivity index (χ4v) is 2.53. The van der Waals surface area contributed by atoms with Crippen molar-refractivity contribution in [2.75, 3.05) is 13.1 Å². The third-order valence-corrected chi connectivity index (χ3v) is 3.47. The first-order chi connectivity index (χ1) is 7.84. The Morgan fingerprint density at radius 2 is 2.31 bits per heavy atom. The molecule has 0 saturated carbocycles. The topological polar surface area (TPSA) is 41.1 Å². The van der Waals surface area contributed by atoms with E-state index in [9.17, 15) is 4.79 Å². The van der Waals surface area contributed by atoms with E-state index in [1.54, 1.807) is 0 Å². The summed E-state index contributed by atoms with van der Waals surface area (Å²) in [5, 5.41) is 6.52. The summed E-state index contributed by atoms with van der Waals surface area (Å²) in [5.41, 5.74) is 0. The molecule has 3 nitrogen and oxygen atoms in total. The molecule has 2 aliphatic rings. The molecule has 1 fully saturated rings. The summed E-state index contributed by atoms with van der Waals surface area (Å²) in [4.78, 5) is 11.8. The van der Waals surface area contributed by atoms with Crippen LogP contribution in [0, 0.1) is 5.92 Å². The fraction of sp³-hybridized carbons (Fsp3) is 0.769. The number of hydrogen-bond donors (Lipinski definition) is 2. The van der Waals surface area contributed by atoms with Crippen molar-refractivity contribution in [1.82, 2.24) is 10.6 Å². The number of rotatable bonds is 3. The maximum atomic E-state index is 11.8. The normalized spacial score (nSPS) is 30.0. The van der Waals surface area contributed by atoms with Crippen LogP contribution in [0.4, 0.5) is 0 Å². The number of nitrogens with one attached hydrogen (secondary N) is 2. The van der Waals surface area contributed by atoms with E-state index in [0.29, 0.717) is 18.4 Å². The minimum atomic E-state index is 0.227. The molecule has 0 aromatic heterocycles. The Labute approximate surface area is 97.7 Å². The SMILES string of the molecule is O=C(CC1C=CCC1)NC1CCCCNC1. The van der Waals surface area contributed by atoms with Crippen molar-refractivity contribution >= 4 is 5.91 Å². The van der Waals surface area contributed by atoms with Gasteiger partial charge in [-0.2, -0.15) is 0 Å². The Kier molecular flexibility index (Phi) is 4.40. The molecule has 2 N–H and O–H groups in total. The zero-order valence-electron chi connectivity index (χ0n) is 9.87. The molecule has 0 radical (unpaired) electrons. The van der Waals surface area contributed by atoms with Gasteiger partial charge in [0.1, 0.15) is 0 Å². The largest absolute Gasteiger partial charge is 0.352 e. The Hall–Kier alpha value is -0.830. The van der Waals surface area contributed by atoms with Crippen LogP contribution in [0.5, 0.6) is 0 Å². The summed E-state index contributed by atoms with van der Waals surface area (Å²) < 4.78 is 0. The molecule has 90 valence electrons. The average Bonchev–Trinajstić information content (AvgIpc) is 2.62. The molecule has 1 aliphatic heterocycles. The Bertz CT molecular complexity index is 255. The van der Waals surface area contributed by atoms with Gasteiger partial charge in [-0.1, -0.05) is 18.6 Å². The smallest absolute Gasteiger partial charge is 0.220 e. The van der Waals surface area contributed by atoms with Crippen molar-refractivity contribution in [2.45, 2.75) is 44.6 Å². The number of allylic oxidation sites excluding steroid dienone is 2. The molecule has 0 aromatic rings. The van der Waals surface area contributed by atoms with Crippen LogP contribution in [0.15, 0.2) is 12.2 Å². The first kappa shape index (κ1) is 11.6. The molecule has 1 heterocycles. The second kappa shape index (κ2) is 6.04. The van der Waals surface area contributed by atoms with Crippen molar-refractivity contribution in [2.24, 2.45) is 5.92 Å². The molecule has 2 unspecified atom stereocenters. The van der Waals surface area contributed by atoms with Crippen LogP contribution in [0.25, 0.3) is 0 Å². The zero-order valence-corrected chi connectivity index (χ0v) is 9.87. The predicted octanol–water partition coefficient (Wildman–Crippen LogP) is 1.60. The van der Waals surface area contributed by atoms with Gasteiger partial charge in [-0.25, -0.2) is 0 Å². The summed E-state index contributed by atoms with van der Waals surface area (Å²) in [7, 11) is 0. The van der Waals surface area contributed by atoms with Crippen molar-refractivity contribution in [3.05, 3.63) is 12.2 Å². The van der Waals surface area contributed by atoms with E-state index in [-0.39, 0.29) is 5.91 Å². The standard InChI is InChI=1S/C13H22N2O/c16-13(9-11-5-1-2-6-11)15-12-7-3-4-8-14-10-12/h1,5,11-12,14H,2-4,6-10H2,(H,15,16). The van der Waals surface area contributed by atoms with Gasteiger partial charge in [0.05, 0.1) is 0 Å². The highest BCUT2D eigenvalue weighted by molar-refractivity contribution is 5.76. The highest BCUT2D eigenvalue weighted by Crippen LogP contribution is 2.20. The lowest BCUT2D eigenvalue weighted by atomic mass is 10.0. The maximum absolute atomic E-state index is 11.8. The van der Waals surface area contributed by atoms with Crippen molar-refractivity contribution in [3.8, 4) is 0 Å². The highest BCUT2D eigenvalue weighted by Gasteiger charge is 2.17. The predicted molar refractivity (Wildman–Crippen MR) is 65.1 cm³/mol. The molecule has 1 amide bonds. The van der Waals surface area contributed by atoms with Crippen molar-refractivity contribution in [3.63, 3.8) is 0 Å². The van der Waals surface area contributed by atoms with E-state index < -0.39 is 0 Å². The van der Waals surface area contributed by atoms with Crippen LogP contribution in [0.1, 0.15) is 38.5 Å². The summed E-state index contributed by atoms with van der Waals surface area (Å²) >= 11 is 0. The number of hydrogen-bond acceptors (Lipinski definition) is 2. The highest BCUT2D eigenvalue weighted by atomic mass is 16.1. The molecular formula is C13H22N2O. The minimum absolute atomic E-state index is 0.227. The monoisotopic (exact) mass is 222 g/mol. The molecule has 0 aromatic carbocycles. The lowest BCUT2D eigenvalue weighted by molar-refractivity contribution is -0.122. The molecule has 1 saturated heterocycles. The van der Waals surface area contributed by atoms with Gasteiger partial charge in [-0.15, -0.1) is 0 Å². The van der Waals surface area contributed by atoms with Crippen LogP contribution >= 0.6 is 0 Å². The summed E-state index contributed by atoms with van der Waals surface area (Å²) in [6, 6.07) is 0.348. The van der Waals surface area contributed by atoms with E-state index in [1.165, 1.54) is 12.8 Å². The summed E-state index contributed by atoms with van der Waals surface area (Å²) in [5.74, 6) is 0.712. The second-order valence-corrected chi connectivity index (χ2v) is 4.93. The quantitative estimate of drug-likeness (QED) is 0.712. The Morgan fingerprint density at radius 1 is 1.38 bits per heavy atom. The van der Waals surface area contributed by atoms with Crippen LogP contribution in [-0.2, 0) is 4.79 Å². The zero-order chi connectivity index (χ0) is 11.2. The number of amides is 1. The van der Waals surface area contributed by atoms with Crippen LogP contribution < -0.4 is 10.6 Å². The molecule has 3 heteroatoms. The van der Waals surface area contributed by atoms with Gasteiger partial charge < -0.3 is 10.6 Å². The van der Waals surface area contributed by atoms with Crippen LogP contribution in [0.2, 0.25) is 0 Å². The molecule has 16 heavy (non-hydrogen) atoms. The van der Waals surface area contributed by atoms with E-state index in [1.807, 2.05) is 0 Å². The van der Waals surface area contributed by atoms with Crippen LogP contribution in [0.3, 0.4) is 0 Å². The molecule has 0 bridgehead atoms. The minimum Gasteiger partial charge on any atom is -0.352 e. The van der Waals surface area contributed by atoms with E-state index in [4.69, 9.17) is 0 Å². The summed E-state index contributed by atoms with van der Waals surface area (Å²) in [6.45, 7) is 2.03. The van der Waals surface area contributed by atoms with E-state index in [2.05, 4.69) is 22.8 Å². The molecular weight excluding hydrogens is 200 g/mol. The first-order valence-electron chi connectivity index (χ1n) is 6.51. The Morgan fingerprint density at radius 3 is 3.12 bits per heavy atom. The maximum Gasteiger partial charge on any atom is 0.220 e. The van der Waals surface area contributed by atoms with Gasteiger partial charge >= 0.3 is 0 Å². The number of carbonyl (C=O) groups is 1. The average molecular weight is 222 g/mol. The van der Waals surface area contributed by atoms with Gasteiger partial charge in [-0.05, 0) is 38.1 Å². The molecule has 2 atom stereocenters. The summed E-state index contributed by atoms with van der Waals surface area (Å²) in [6.07, 6.45) is 10.9. The molecule has 2 rings (SSSR count). The second-order valence-electron chi connectivity index (χ2n) is 4.93. The van der Waals surface area contributed by atoms with Gasteiger partial charge in [0.2, 0.25) is 5.91 Å². The van der Waals surface area contributed by atoms with E-state index >= 15 is 0 Å². The van der Waals surface area contributed by atoms with Crippen molar-refractivity contribution < 1.29 is 4.79 Å². The van der Waals surface area contributed by atoms with Gasteiger partial charge in [0, 0.05) is 19.0 Å². The van der Waals surface area contributed by atoms with Crippen molar-refractivity contribution in [1.29, 1.82) is 0 Å². The van der Waals surface area contributed by atoms with Gasteiger partial charge in [-0.3, -0.25) is 4.79 Å². The molecule has 1 aliphatic carbocycles. The number of carbonyl (C=O) groups excluding carboxylic acids is 1. The third-order valence-electron chi connectivity index (χ3n) is 3.47. The lowest BCUT2D eigenvalue weighted by Gasteiger charge is -2.17.